The summed E-state index contributed by atoms with van der Waals surface area (Å²) in [6, 6.07) is 7.95. The molecule has 0 aliphatic carbocycles. The Morgan fingerprint density at radius 2 is 1.21 bits per heavy atom. The number of ether oxygens (including phenoxy) is 4. The van der Waals surface area contributed by atoms with E-state index in [1.807, 2.05) is 30.3 Å². The van der Waals surface area contributed by atoms with Crippen molar-refractivity contribution in [1.29, 1.82) is 0 Å². The second kappa shape index (κ2) is 15.1. The Morgan fingerprint density at radius 3 is 1.70 bits per heavy atom. The van der Waals surface area contributed by atoms with Crippen LogP contribution in [0, 0.1) is 0 Å². The first-order valence-corrected chi connectivity index (χ1v) is 14.3. The smallest absolute Gasteiger partial charge is 0.417 e. The van der Waals surface area contributed by atoms with Crippen molar-refractivity contribution in [2.45, 2.75) is 124 Å². The van der Waals surface area contributed by atoms with E-state index in [9.17, 15) is 19.2 Å². The lowest BCUT2D eigenvalue weighted by atomic mass is 10.1. The second-order valence-electron chi connectivity index (χ2n) is 13.9. The molecule has 2 N–H and O–H groups in total. The van der Waals surface area contributed by atoms with Crippen LogP contribution >= 0.6 is 0 Å². The van der Waals surface area contributed by atoms with E-state index in [1.54, 1.807) is 83.1 Å². The molecule has 1 aromatic carbocycles. The van der Waals surface area contributed by atoms with Crippen molar-refractivity contribution in [2.75, 3.05) is 6.54 Å². The maximum Gasteiger partial charge on any atom is 0.417 e. The van der Waals surface area contributed by atoms with Crippen molar-refractivity contribution in [1.82, 2.24) is 15.5 Å². The summed E-state index contributed by atoms with van der Waals surface area (Å²) in [5, 5.41) is 5.10. The first-order chi connectivity index (χ1) is 19.4. The molecule has 3 amide bonds. The summed E-state index contributed by atoms with van der Waals surface area (Å²) in [6.07, 6.45) is -2.45. The zero-order valence-corrected chi connectivity index (χ0v) is 27.7. The summed E-state index contributed by atoms with van der Waals surface area (Å²) in [5.74, 6) is -0.851. The molecule has 0 aromatic heterocycles. The Kier molecular flexibility index (Phi) is 13.0. The number of hydrogen-bond donors (Lipinski definition) is 2. The predicted molar refractivity (Wildman–Crippen MR) is 164 cm³/mol. The van der Waals surface area contributed by atoms with E-state index in [0.717, 1.165) is 5.56 Å². The van der Waals surface area contributed by atoms with Gasteiger partial charge in [0.05, 0.1) is 6.54 Å². The molecule has 0 unspecified atom stereocenters. The highest BCUT2D eigenvalue weighted by molar-refractivity contribution is 6.01. The number of hydrogen-bond acceptors (Lipinski definition) is 9. The molecule has 43 heavy (non-hydrogen) atoms. The van der Waals surface area contributed by atoms with E-state index in [1.165, 1.54) is 4.90 Å². The number of carbonyl (C=O) groups is 4. The fraction of sp³-hybridized carbons (Fsp3) is 0.645. The average molecular weight is 607 g/mol. The number of aliphatic imine (C=N–C) groups is 1. The van der Waals surface area contributed by atoms with E-state index in [0.29, 0.717) is 0 Å². The molecule has 0 saturated heterocycles. The van der Waals surface area contributed by atoms with Gasteiger partial charge in [0.1, 0.15) is 28.4 Å². The van der Waals surface area contributed by atoms with E-state index < -0.39 is 52.7 Å². The zero-order valence-electron chi connectivity index (χ0n) is 27.7. The van der Waals surface area contributed by atoms with Crippen LogP contribution in [0.4, 0.5) is 14.4 Å². The molecule has 12 heteroatoms. The number of carbonyl (C=O) groups excluding carboxylic acids is 4. The van der Waals surface area contributed by atoms with Crippen LogP contribution in [0.25, 0.3) is 0 Å². The first-order valence-electron chi connectivity index (χ1n) is 14.3. The van der Waals surface area contributed by atoms with Gasteiger partial charge in [-0.25, -0.2) is 24.1 Å². The number of guanidine groups is 1. The maximum atomic E-state index is 13.4. The fourth-order valence-electron chi connectivity index (χ4n) is 3.27. The van der Waals surface area contributed by atoms with E-state index >= 15 is 0 Å². The topological polar surface area (TPSA) is 145 Å². The highest BCUT2D eigenvalue weighted by atomic mass is 16.6. The zero-order chi connectivity index (χ0) is 33.2. The third-order valence-corrected chi connectivity index (χ3v) is 4.73. The summed E-state index contributed by atoms with van der Waals surface area (Å²) in [4.78, 5) is 57.4. The van der Waals surface area contributed by atoms with Crippen LogP contribution in [-0.4, -0.2) is 70.1 Å². The van der Waals surface area contributed by atoms with Gasteiger partial charge in [-0.05, 0) is 95.1 Å². The highest BCUT2D eigenvalue weighted by Crippen LogP contribution is 2.16. The van der Waals surface area contributed by atoms with Crippen LogP contribution in [0.3, 0.4) is 0 Å². The van der Waals surface area contributed by atoms with Crippen LogP contribution in [-0.2, 0) is 30.3 Å². The van der Waals surface area contributed by atoms with Crippen LogP contribution in [0.2, 0.25) is 0 Å². The van der Waals surface area contributed by atoms with E-state index in [4.69, 9.17) is 18.9 Å². The monoisotopic (exact) mass is 606 g/mol. The number of rotatable bonds is 7. The molecular formula is C31H50N4O8. The molecule has 0 aliphatic heterocycles. The summed E-state index contributed by atoms with van der Waals surface area (Å²) >= 11 is 0. The molecule has 12 nitrogen and oxygen atoms in total. The molecule has 1 atom stereocenters. The molecule has 0 heterocycles. The molecule has 242 valence electrons. The molecule has 1 aromatic rings. The molecule has 0 aliphatic rings. The number of nitrogens with zero attached hydrogens (tertiary/aromatic N) is 2. The molecular weight excluding hydrogens is 556 g/mol. The minimum absolute atomic E-state index is 0.00996. The molecule has 0 radical (unpaired) electrons. The van der Waals surface area contributed by atoms with Gasteiger partial charge in [-0.2, -0.15) is 0 Å². The largest absolute Gasteiger partial charge is 0.458 e. The minimum Gasteiger partial charge on any atom is -0.458 e. The Labute approximate surface area is 255 Å². The Hall–Kier alpha value is -3.83. The molecule has 0 bridgehead atoms. The standard InChI is InChI=1S/C31H50N4O8/c1-28(2,3)40-23(36)22(33-25(37)41-29(4,5)6)18-19-32-24(34-26(38)42-30(7,8)9)35(27(39)43-31(10,11)12)20-21-16-14-13-15-17-21/h13-17,22H,18-20H2,1-12H3,(H,33,37)(H,32,34,38)/t22-/m0/s1. The van der Waals surface area contributed by atoms with Gasteiger partial charge in [-0.15, -0.1) is 0 Å². The Balaban J connectivity index is 3.45. The highest BCUT2D eigenvalue weighted by Gasteiger charge is 2.31. The predicted octanol–water partition coefficient (Wildman–Crippen LogP) is 5.93. The lowest BCUT2D eigenvalue weighted by Gasteiger charge is -2.29. The number of alkyl carbamates (subject to hydrolysis) is 2. The summed E-state index contributed by atoms with van der Waals surface area (Å²) < 4.78 is 21.8. The Bertz CT molecular complexity index is 1120. The average Bonchev–Trinajstić information content (AvgIpc) is 2.77. The van der Waals surface area contributed by atoms with Crippen LogP contribution in [0.1, 0.15) is 95.1 Å². The van der Waals surface area contributed by atoms with Gasteiger partial charge < -0.3 is 24.3 Å². The van der Waals surface area contributed by atoms with Crippen molar-refractivity contribution in [3.63, 3.8) is 0 Å². The van der Waals surface area contributed by atoms with Crippen molar-refractivity contribution in [3.8, 4) is 0 Å². The van der Waals surface area contributed by atoms with Crippen LogP contribution < -0.4 is 10.6 Å². The van der Waals surface area contributed by atoms with Gasteiger partial charge in [0.25, 0.3) is 0 Å². The third kappa shape index (κ3) is 17.0. The van der Waals surface area contributed by atoms with Gasteiger partial charge in [-0.1, -0.05) is 30.3 Å². The van der Waals surface area contributed by atoms with Gasteiger partial charge in [0, 0.05) is 6.54 Å². The molecule has 0 spiro atoms. The van der Waals surface area contributed by atoms with Gasteiger partial charge in [0.2, 0.25) is 5.96 Å². The van der Waals surface area contributed by atoms with Crippen molar-refractivity contribution >= 4 is 30.2 Å². The van der Waals surface area contributed by atoms with Crippen molar-refractivity contribution in [2.24, 2.45) is 4.99 Å². The maximum absolute atomic E-state index is 13.4. The fourth-order valence-corrected chi connectivity index (χ4v) is 3.27. The van der Waals surface area contributed by atoms with Crippen LogP contribution in [0.15, 0.2) is 35.3 Å². The lowest BCUT2D eigenvalue weighted by Crippen LogP contribution is -2.50. The van der Waals surface area contributed by atoms with Gasteiger partial charge >= 0.3 is 24.2 Å². The molecule has 0 saturated carbocycles. The van der Waals surface area contributed by atoms with Crippen molar-refractivity contribution < 1.29 is 38.1 Å². The summed E-state index contributed by atoms with van der Waals surface area (Å²) in [5.41, 5.74) is -2.55. The molecule has 0 fully saturated rings. The SMILES string of the molecule is CC(C)(C)OC(=O)NC(=NCC[C@H](NC(=O)OC(C)(C)C)C(=O)OC(C)(C)C)N(Cc1ccccc1)C(=O)OC(C)(C)C. The second-order valence-corrected chi connectivity index (χ2v) is 13.9. The number of amides is 3. The minimum atomic E-state index is -1.13. The quantitative estimate of drug-likeness (QED) is 0.168. The Morgan fingerprint density at radius 1 is 0.721 bits per heavy atom. The van der Waals surface area contributed by atoms with Gasteiger partial charge in [-0.3, -0.25) is 10.3 Å². The number of nitrogens with one attached hydrogen (secondary N) is 2. The normalized spacial score (nSPS) is 13.3. The first kappa shape index (κ1) is 37.2. The van der Waals surface area contributed by atoms with Gasteiger partial charge in [0.15, 0.2) is 0 Å². The number of esters is 1. The van der Waals surface area contributed by atoms with Crippen molar-refractivity contribution in [3.05, 3.63) is 35.9 Å². The van der Waals surface area contributed by atoms with E-state index in [2.05, 4.69) is 15.6 Å². The molecule has 1 rings (SSSR count). The third-order valence-electron chi connectivity index (χ3n) is 4.73. The lowest BCUT2D eigenvalue weighted by molar-refractivity contribution is -0.157. The summed E-state index contributed by atoms with van der Waals surface area (Å²) in [7, 11) is 0. The van der Waals surface area contributed by atoms with Crippen LogP contribution in [0.5, 0.6) is 0 Å². The van der Waals surface area contributed by atoms with E-state index in [-0.39, 0.29) is 25.5 Å². The summed E-state index contributed by atoms with van der Waals surface area (Å²) in [6.45, 7) is 20.4. The number of benzene rings is 1.